The Bertz CT molecular complexity index is 1160. The van der Waals surface area contributed by atoms with Gasteiger partial charge in [-0.3, -0.25) is 14.2 Å². The number of amides is 1. The number of ether oxygens (including phenoxy) is 1. The third kappa shape index (κ3) is 2.67. The summed E-state index contributed by atoms with van der Waals surface area (Å²) in [6.45, 7) is -0.146. The first-order chi connectivity index (χ1) is 12.7. The number of para-hydroxylation sites is 1. The monoisotopic (exact) mass is 349 g/mol. The second-order valence-electron chi connectivity index (χ2n) is 5.69. The fourth-order valence-electron chi connectivity index (χ4n) is 2.85. The van der Waals surface area contributed by atoms with E-state index in [1.54, 1.807) is 54.1 Å². The minimum atomic E-state index is -0.323. The van der Waals surface area contributed by atoms with Crippen LogP contribution in [-0.2, 0) is 11.3 Å². The van der Waals surface area contributed by atoms with Crippen LogP contribution in [0.1, 0.15) is 0 Å². The number of benzene rings is 2. The number of hydrogen-bond acceptors (Lipinski definition) is 5. The molecule has 0 aliphatic carbocycles. The quantitative estimate of drug-likeness (QED) is 0.605. The van der Waals surface area contributed by atoms with Crippen molar-refractivity contribution in [1.29, 1.82) is 0 Å². The summed E-state index contributed by atoms with van der Waals surface area (Å²) < 4.78 is 8.01. The molecule has 1 N–H and O–H groups in total. The second-order valence-corrected chi connectivity index (χ2v) is 5.69. The average Bonchev–Trinajstić information content (AvgIpc) is 3.15. The van der Waals surface area contributed by atoms with Gasteiger partial charge in [0.15, 0.2) is 5.65 Å². The zero-order chi connectivity index (χ0) is 18.1. The molecule has 0 unspecified atom stereocenters. The number of hydrogen-bond donors (Lipinski definition) is 1. The minimum absolute atomic E-state index is 0.146. The van der Waals surface area contributed by atoms with Crippen LogP contribution in [0.2, 0.25) is 0 Å². The van der Waals surface area contributed by atoms with Crippen LogP contribution >= 0.6 is 0 Å². The van der Waals surface area contributed by atoms with Gasteiger partial charge in [-0.25, -0.2) is 0 Å². The molecule has 0 bridgehead atoms. The van der Waals surface area contributed by atoms with Crippen molar-refractivity contribution in [2.24, 2.45) is 0 Å². The van der Waals surface area contributed by atoms with Gasteiger partial charge in [0.2, 0.25) is 5.91 Å². The maximum atomic E-state index is 12.8. The van der Waals surface area contributed by atoms with Crippen molar-refractivity contribution in [1.82, 2.24) is 19.4 Å². The molecule has 4 rings (SSSR count). The Hall–Kier alpha value is -3.68. The molecule has 0 aliphatic rings. The van der Waals surface area contributed by atoms with Gasteiger partial charge >= 0.3 is 0 Å². The average molecular weight is 349 g/mol. The Labute approximate surface area is 147 Å². The van der Waals surface area contributed by atoms with E-state index in [1.165, 1.54) is 10.8 Å². The molecule has 2 aromatic carbocycles. The number of nitrogens with one attached hydrogen (secondary N) is 1. The lowest BCUT2D eigenvalue weighted by atomic mass is 10.2. The minimum Gasteiger partial charge on any atom is -0.497 e. The molecule has 1 amide bonds. The molecule has 0 saturated carbocycles. The zero-order valence-electron chi connectivity index (χ0n) is 13.9. The molecule has 0 aliphatic heterocycles. The Kier molecular flexibility index (Phi) is 3.85. The van der Waals surface area contributed by atoms with Crippen LogP contribution in [0.15, 0.2) is 59.5 Å². The lowest BCUT2D eigenvalue weighted by Crippen LogP contribution is -2.29. The summed E-state index contributed by atoms with van der Waals surface area (Å²) in [7, 11) is 1.57. The summed E-state index contributed by atoms with van der Waals surface area (Å²) in [5, 5.41) is 11.1. The predicted molar refractivity (Wildman–Crippen MR) is 96.4 cm³/mol. The fourth-order valence-corrected chi connectivity index (χ4v) is 2.85. The van der Waals surface area contributed by atoms with Gasteiger partial charge in [-0.1, -0.05) is 17.3 Å². The third-order valence-corrected chi connectivity index (χ3v) is 4.09. The summed E-state index contributed by atoms with van der Waals surface area (Å²) in [4.78, 5) is 25.2. The number of carbonyl (C=O) groups excluding carboxylic acids is 1. The topological polar surface area (TPSA) is 90.5 Å². The van der Waals surface area contributed by atoms with Crippen LogP contribution in [-0.4, -0.2) is 32.4 Å². The number of carbonyl (C=O) groups is 1. The number of nitrogens with zero attached hydrogens (tertiary/aromatic N) is 4. The van der Waals surface area contributed by atoms with E-state index in [2.05, 4.69) is 15.6 Å². The van der Waals surface area contributed by atoms with E-state index in [-0.39, 0.29) is 18.0 Å². The van der Waals surface area contributed by atoms with E-state index in [9.17, 15) is 9.59 Å². The van der Waals surface area contributed by atoms with E-state index < -0.39 is 0 Å². The van der Waals surface area contributed by atoms with Gasteiger partial charge in [-0.15, -0.1) is 5.10 Å². The highest BCUT2D eigenvalue weighted by Gasteiger charge is 2.14. The number of methoxy groups -OCH3 is 1. The highest BCUT2D eigenvalue weighted by atomic mass is 16.5. The first-order valence-electron chi connectivity index (χ1n) is 7.93. The van der Waals surface area contributed by atoms with Crippen molar-refractivity contribution in [2.45, 2.75) is 6.54 Å². The van der Waals surface area contributed by atoms with Gasteiger partial charge in [0, 0.05) is 5.69 Å². The molecule has 0 fully saturated rings. The maximum absolute atomic E-state index is 12.8. The van der Waals surface area contributed by atoms with Gasteiger partial charge in [-0.05, 0) is 36.4 Å². The molecule has 8 heteroatoms. The molecule has 0 radical (unpaired) electrons. The molecular formula is C18H15N5O3. The van der Waals surface area contributed by atoms with Crippen molar-refractivity contribution >= 4 is 28.1 Å². The fraction of sp³-hybridized carbons (Fsp3) is 0.111. The van der Waals surface area contributed by atoms with Crippen molar-refractivity contribution in [3.8, 4) is 5.75 Å². The molecule has 2 heterocycles. The molecule has 0 saturated heterocycles. The summed E-state index contributed by atoms with van der Waals surface area (Å²) in [6.07, 6.45) is 1.47. The molecule has 26 heavy (non-hydrogen) atoms. The van der Waals surface area contributed by atoms with E-state index in [4.69, 9.17) is 4.74 Å². The molecule has 0 atom stereocenters. The van der Waals surface area contributed by atoms with Crippen LogP contribution in [0.5, 0.6) is 5.75 Å². The maximum Gasteiger partial charge on any atom is 0.262 e. The molecule has 2 aromatic heterocycles. The number of aromatic nitrogens is 4. The largest absolute Gasteiger partial charge is 0.497 e. The molecule has 130 valence electrons. The normalized spacial score (nSPS) is 11.0. The van der Waals surface area contributed by atoms with Crippen molar-refractivity contribution in [3.05, 3.63) is 65.1 Å². The molecule has 8 nitrogen and oxygen atoms in total. The first-order valence-corrected chi connectivity index (χ1v) is 7.93. The Morgan fingerprint density at radius 3 is 2.69 bits per heavy atom. The van der Waals surface area contributed by atoms with Crippen molar-refractivity contribution in [3.63, 3.8) is 0 Å². The predicted octanol–water partition coefficient (Wildman–Crippen LogP) is 1.69. The number of anilines is 1. The highest BCUT2D eigenvalue weighted by Crippen LogP contribution is 2.15. The van der Waals surface area contributed by atoms with Gasteiger partial charge < -0.3 is 10.1 Å². The summed E-state index contributed by atoms with van der Waals surface area (Å²) in [6, 6.07) is 14.0. The highest BCUT2D eigenvalue weighted by molar-refractivity contribution is 5.91. The number of rotatable bonds is 4. The molecule has 4 aromatic rings. The van der Waals surface area contributed by atoms with Gasteiger partial charge in [0.1, 0.15) is 12.3 Å². The smallest absolute Gasteiger partial charge is 0.262 e. The standard InChI is InChI=1S/C18H15N5O3/c1-26-13-8-6-12(7-9-13)20-16(24)11-22-17-10-19-21-23(17)15-5-3-2-4-14(15)18(22)25/h2-10H,11H2,1H3,(H,20,24). The third-order valence-electron chi connectivity index (χ3n) is 4.09. The second kappa shape index (κ2) is 6.32. The summed E-state index contributed by atoms with van der Waals surface area (Å²) in [5.74, 6) is 0.372. The van der Waals surface area contributed by atoms with Gasteiger partial charge in [0.05, 0.1) is 24.2 Å². The Morgan fingerprint density at radius 2 is 1.92 bits per heavy atom. The molecular weight excluding hydrogens is 334 g/mol. The summed E-state index contributed by atoms with van der Waals surface area (Å²) in [5.41, 5.74) is 1.46. The zero-order valence-corrected chi connectivity index (χ0v) is 13.9. The van der Waals surface area contributed by atoms with Crippen molar-refractivity contribution in [2.75, 3.05) is 12.4 Å². The SMILES string of the molecule is COc1ccc(NC(=O)Cn2c(=O)c3ccccc3n3nncc23)cc1. The van der Waals surface area contributed by atoms with Gasteiger partial charge in [0.25, 0.3) is 5.56 Å². The molecule has 0 spiro atoms. The Balaban J connectivity index is 1.69. The van der Waals surface area contributed by atoms with Crippen molar-refractivity contribution < 1.29 is 9.53 Å². The van der Waals surface area contributed by atoms with Crippen LogP contribution in [0.4, 0.5) is 5.69 Å². The Morgan fingerprint density at radius 1 is 1.15 bits per heavy atom. The van der Waals surface area contributed by atoms with Crippen LogP contribution in [0.25, 0.3) is 16.6 Å². The first kappa shape index (κ1) is 15.8. The van der Waals surface area contributed by atoms with E-state index >= 15 is 0 Å². The van der Waals surface area contributed by atoms with E-state index in [1.807, 2.05) is 6.07 Å². The van der Waals surface area contributed by atoms with Gasteiger partial charge in [-0.2, -0.15) is 4.52 Å². The summed E-state index contributed by atoms with van der Waals surface area (Å²) >= 11 is 0. The van der Waals surface area contributed by atoms with Crippen LogP contribution < -0.4 is 15.6 Å². The van der Waals surface area contributed by atoms with Crippen LogP contribution in [0.3, 0.4) is 0 Å². The van der Waals surface area contributed by atoms with E-state index in [0.29, 0.717) is 28.0 Å². The lowest BCUT2D eigenvalue weighted by Gasteiger charge is -2.11. The lowest BCUT2D eigenvalue weighted by molar-refractivity contribution is -0.116. The van der Waals surface area contributed by atoms with Crippen LogP contribution in [0, 0.1) is 0 Å². The van der Waals surface area contributed by atoms with E-state index in [0.717, 1.165) is 0 Å². The number of fused-ring (bicyclic) bond motifs is 3.